The lowest BCUT2D eigenvalue weighted by molar-refractivity contribution is -0.162. The molecule has 1 atom stereocenters. The van der Waals surface area contributed by atoms with Crippen molar-refractivity contribution in [2.24, 2.45) is 11.3 Å². The Morgan fingerprint density at radius 2 is 1.59 bits per heavy atom. The lowest BCUT2D eigenvalue weighted by Gasteiger charge is -2.28. The van der Waals surface area contributed by atoms with Crippen molar-refractivity contribution < 1.29 is 14.3 Å². The molecule has 0 heterocycles. The summed E-state index contributed by atoms with van der Waals surface area (Å²) in [4.78, 5) is 25.0. The Morgan fingerprint density at radius 3 is 2.19 bits per heavy atom. The van der Waals surface area contributed by atoms with Gasteiger partial charge in [0.05, 0.1) is 5.92 Å². The molecule has 0 saturated carbocycles. The van der Waals surface area contributed by atoms with Gasteiger partial charge in [-0.15, -0.1) is 0 Å². The first-order valence-corrected chi connectivity index (χ1v) is 9.22. The van der Waals surface area contributed by atoms with Crippen molar-refractivity contribution in [3.63, 3.8) is 0 Å². The minimum atomic E-state index is -0.622. The van der Waals surface area contributed by atoms with Crippen LogP contribution in [0.5, 0.6) is 0 Å². The van der Waals surface area contributed by atoms with E-state index in [0.29, 0.717) is 6.42 Å². The van der Waals surface area contributed by atoms with E-state index in [4.69, 9.17) is 4.74 Å². The van der Waals surface area contributed by atoms with Gasteiger partial charge in [0.1, 0.15) is 0 Å². The molecule has 0 bridgehead atoms. The van der Waals surface area contributed by atoms with E-state index in [1.54, 1.807) is 0 Å². The van der Waals surface area contributed by atoms with Gasteiger partial charge in [0, 0.05) is 6.08 Å². The Kier molecular flexibility index (Phi) is 6.73. The van der Waals surface area contributed by atoms with Gasteiger partial charge in [-0.25, -0.2) is 4.79 Å². The van der Waals surface area contributed by atoms with Gasteiger partial charge in [0.2, 0.25) is 0 Å². The molecule has 0 aromatic heterocycles. The molecular formula is C24H28O3. The molecule has 0 radical (unpaired) electrons. The minimum absolute atomic E-state index is 0.317. The first-order valence-electron chi connectivity index (χ1n) is 9.22. The van der Waals surface area contributed by atoms with Crippen molar-refractivity contribution in [3.05, 3.63) is 77.4 Å². The zero-order valence-electron chi connectivity index (χ0n) is 16.8. The van der Waals surface area contributed by atoms with Crippen LogP contribution in [0.15, 0.2) is 60.7 Å². The summed E-state index contributed by atoms with van der Waals surface area (Å²) in [7, 11) is 0. The van der Waals surface area contributed by atoms with E-state index in [-0.39, 0.29) is 5.41 Å². The van der Waals surface area contributed by atoms with Crippen LogP contribution in [-0.4, -0.2) is 11.9 Å². The minimum Gasteiger partial charge on any atom is -0.390 e. The van der Waals surface area contributed by atoms with Crippen molar-refractivity contribution in [2.45, 2.75) is 41.0 Å². The van der Waals surface area contributed by atoms with E-state index >= 15 is 0 Å². The third-order valence-corrected chi connectivity index (χ3v) is 4.72. The molecule has 0 spiro atoms. The fraction of sp³-hybridized carbons (Fsp3) is 0.333. The topological polar surface area (TPSA) is 43.4 Å². The van der Waals surface area contributed by atoms with Crippen molar-refractivity contribution in [1.82, 2.24) is 0 Å². The second-order valence-electron chi connectivity index (χ2n) is 7.99. The Bertz CT molecular complexity index is 826. The SMILES string of the molecule is CC(=CC(=O)OC(=O)C(Cc1ccccc1)C(C)(C)C)c1ccccc1C. The fourth-order valence-electron chi connectivity index (χ4n) is 3.06. The molecule has 0 aliphatic carbocycles. The quantitative estimate of drug-likeness (QED) is 0.407. The van der Waals surface area contributed by atoms with Gasteiger partial charge in [-0.05, 0) is 47.9 Å². The number of hydrogen-bond donors (Lipinski definition) is 0. The Hall–Kier alpha value is -2.68. The predicted octanol–water partition coefficient (Wildman–Crippen LogP) is 5.37. The van der Waals surface area contributed by atoms with Crippen LogP contribution in [0.25, 0.3) is 5.57 Å². The van der Waals surface area contributed by atoms with E-state index in [1.807, 2.05) is 89.2 Å². The standard InChI is InChI=1S/C24H28O3/c1-17-11-9-10-14-20(17)18(2)15-22(25)27-23(26)21(24(3,4)5)16-19-12-7-6-8-13-19/h6-15,21H,16H2,1-5H3. The van der Waals surface area contributed by atoms with Crippen molar-refractivity contribution in [3.8, 4) is 0 Å². The number of aryl methyl sites for hydroxylation is 1. The summed E-state index contributed by atoms with van der Waals surface area (Å²) in [5, 5.41) is 0. The number of allylic oxidation sites excluding steroid dienone is 1. The highest BCUT2D eigenvalue weighted by Gasteiger charge is 2.33. The van der Waals surface area contributed by atoms with E-state index in [0.717, 1.165) is 22.3 Å². The van der Waals surface area contributed by atoms with Crippen LogP contribution >= 0.6 is 0 Å². The number of carbonyl (C=O) groups is 2. The lowest BCUT2D eigenvalue weighted by atomic mass is 9.77. The zero-order chi connectivity index (χ0) is 20.0. The number of benzene rings is 2. The van der Waals surface area contributed by atoms with Gasteiger partial charge >= 0.3 is 11.9 Å². The van der Waals surface area contributed by atoms with Gasteiger partial charge < -0.3 is 4.74 Å². The molecule has 3 nitrogen and oxygen atoms in total. The number of rotatable bonds is 5. The second-order valence-corrected chi connectivity index (χ2v) is 7.99. The lowest BCUT2D eigenvalue weighted by Crippen LogP contribution is -2.33. The highest BCUT2D eigenvalue weighted by atomic mass is 16.6. The maximum Gasteiger partial charge on any atom is 0.338 e. The maximum atomic E-state index is 12.7. The molecule has 0 aliphatic heterocycles. The zero-order valence-corrected chi connectivity index (χ0v) is 16.8. The molecule has 2 aromatic carbocycles. The monoisotopic (exact) mass is 364 g/mol. The van der Waals surface area contributed by atoms with Gasteiger partial charge in [0.15, 0.2) is 0 Å². The Morgan fingerprint density at radius 1 is 1.00 bits per heavy atom. The second kappa shape index (κ2) is 8.81. The first-order chi connectivity index (χ1) is 12.7. The molecule has 0 N–H and O–H groups in total. The highest BCUT2D eigenvalue weighted by Crippen LogP contribution is 2.30. The van der Waals surface area contributed by atoms with E-state index in [1.165, 1.54) is 6.08 Å². The molecular weight excluding hydrogens is 336 g/mol. The summed E-state index contributed by atoms with van der Waals surface area (Å²) in [6, 6.07) is 17.6. The smallest absolute Gasteiger partial charge is 0.338 e. The summed E-state index contributed by atoms with van der Waals surface area (Å²) in [5.41, 5.74) is 3.55. The third kappa shape index (κ3) is 5.92. The average molecular weight is 364 g/mol. The van der Waals surface area contributed by atoms with Crippen LogP contribution in [0.1, 0.15) is 44.4 Å². The van der Waals surface area contributed by atoms with Gasteiger partial charge in [-0.3, -0.25) is 4.79 Å². The molecule has 0 aliphatic rings. The van der Waals surface area contributed by atoms with Crippen LogP contribution in [0.2, 0.25) is 0 Å². The van der Waals surface area contributed by atoms with E-state index in [2.05, 4.69) is 0 Å². The molecule has 142 valence electrons. The van der Waals surface area contributed by atoms with Gasteiger partial charge in [-0.1, -0.05) is 75.4 Å². The average Bonchev–Trinajstić information content (AvgIpc) is 2.59. The van der Waals surface area contributed by atoms with E-state index < -0.39 is 17.9 Å². The van der Waals surface area contributed by atoms with Crippen molar-refractivity contribution in [1.29, 1.82) is 0 Å². The van der Waals surface area contributed by atoms with Crippen LogP contribution in [0.3, 0.4) is 0 Å². The van der Waals surface area contributed by atoms with Crippen molar-refractivity contribution >= 4 is 17.5 Å². The normalized spacial score (nSPS) is 13.1. The molecule has 0 fully saturated rings. The Labute approximate surface area is 162 Å². The molecule has 0 saturated heterocycles. The molecule has 0 amide bonds. The highest BCUT2D eigenvalue weighted by molar-refractivity contribution is 5.97. The van der Waals surface area contributed by atoms with Crippen molar-refractivity contribution in [2.75, 3.05) is 0 Å². The molecule has 27 heavy (non-hydrogen) atoms. The third-order valence-electron chi connectivity index (χ3n) is 4.72. The predicted molar refractivity (Wildman–Crippen MR) is 109 cm³/mol. The van der Waals surface area contributed by atoms with Crippen LogP contribution in [-0.2, 0) is 20.7 Å². The number of hydrogen-bond acceptors (Lipinski definition) is 3. The summed E-state index contributed by atoms with van der Waals surface area (Å²) in [6.07, 6.45) is 1.93. The van der Waals surface area contributed by atoms with Gasteiger partial charge in [0.25, 0.3) is 0 Å². The fourth-order valence-corrected chi connectivity index (χ4v) is 3.06. The molecule has 2 aromatic rings. The first kappa shape index (κ1) is 20.6. The summed E-state index contributed by atoms with van der Waals surface area (Å²) < 4.78 is 5.19. The molecule has 1 unspecified atom stereocenters. The van der Waals surface area contributed by atoms with Crippen LogP contribution in [0, 0.1) is 18.3 Å². The number of carbonyl (C=O) groups excluding carboxylic acids is 2. The number of ether oxygens (including phenoxy) is 1. The van der Waals surface area contributed by atoms with Gasteiger partial charge in [-0.2, -0.15) is 0 Å². The maximum absolute atomic E-state index is 12.7. The number of esters is 2. The summed E-state index contributed by atoms with van der Waals surface area (Å²) in [6.45, 7) is 9.79. The van der Waals surface area contributed by atoms with Crippen LogP contribution in [0.4, 0.5) is 0 Å². The summed E-state index contributed by atoms with van der Waals surface area (Å²) >= 11 is 0. The summed E-state index contributed by atoms with van der Waals surface area (Å²) in [5.74, 6) is -1.51. The van der Waals surface area contributed by atoms with E-state index in [9.17, 15) is 9.59 Å². The Balaban J connectivity index is 2.13. The molecule has 2 rings (SSSR count). The van der Waals surface area contributed by atoms with Crippen LogP contribution < -0.4 is 0 Å². The molecule has 3 heteroatoms. The largest absolute Gasteiger partial charge is 0.390 e.